The van der Waals surface area contributed by atoms with Gasteiger partial charge in [0.1, 0.15) is 0 Å². The van der Waals surface area contributed by atoms with E-state index in [-0.39, 0.29) is 0 Å². The summed E-state index contributed by atoms with van der Waals surface area (Å²) in [6.45, 7) is 2.02. The zero-order valence-corrected chi connectivity index (χ0v) is 11.0. The van der Waals surface area contributed by atoms with Crippen LogP contribution in [0.25, 0.3) is 11.5 Å². The number of hydrogen-bond donors (Lipinski definition) is 0. The molecule has 1 heterocycles. The van der Waals surface area contributed by atoms with Gasteiger partial charge in [-0.15, -0.1) is 0 Å². The van der Waals surface area contributed by atoms with Gasteiger partial charge in [0.15, 0.2) is 0 Å². The summed E-state index contributed by atoms with van der Waals surface area (Å²) in [6, 6.07) is 5.93. The molecule has 0 spiro atoms. The van der Waals surface area contributed by atoms with Crippen molar-refractivity contribution in [3.05, 3.63) is 32.1 Å². The van der Waals surface area contributed by atoms with Crippen LogP contribution in [-0.4, -0.2) is 10.1 Å². The fraction of sp³-hybridized carbons (Fsp3) is 0.111. The summed E-state index contributed by atoms with van der Waals surface area (Å²) in [5.41, 5.74) is 2.08. The van der Waals surface area contributed by atoms with Gasteiger partial charge in [0.05, 0.1) is 5.56 Å². The minimum Gasteiger partial charge on any atom is -0.333 e. The molecule has 0 fully saturated rings. The summed E-state index contributed by atoms with van der Waals surface area (Å²) in [7, 11) is 0. The van der Waals surface area contributed by atoms with Crippen molar-refractivity contribution in [3.8, 4) is 11.5 Å². The van der Waals surface area contributed by atoms with Gasteiger partial charge < -0.3 is 4.52 Å². The quantitative estimate of drug-likeness (QED) is 0.728. The highest BCUT2D eigenvalue weighted by Crippen LogP contribution is 2.29. The van der Waals surface area contributed by atoms with Crippen molar-refractivity contribution in [2.45, 2.75) is 6.92 Å². The molecule has 0 aliphatic heterocycles. The normalized spacial score (nSPS) is 10.5. The third-order valence-corrected chi connectivity index (χ3v) is 3.31. The molecule has 0 unspecified atom stereocenters. The SMILES string of the molecule is Cc1cccc(-c2nc(I)no2)c1Br. The Hall–Kier alpha value is -0.430. The summed E-state index contributed by atoms with van der Waals surface area (Å²) >= 11 is 5.51. The predicted molar refractivity (Wildman–Crippen MR) is 64.9 cm³/mol. The first kappa shape index (κ1) is 10.1. The van der Waals surface area contributed by atoms with Crippen molar-refractivity contribution < 1.29 is 4.52 Å². The molecule has 1 aromatic carbocycles. The predicted octanol–water partition coefficient (Wildman–Crippen LogP) is 3.41. The Morgan fingerprint density at radius 2 is 2.21 bits per heavy atom. The summed E-state index contributed by atoms with van der Waals surface area (Å²) in [5, 5.41) is 3.74. The van der Waals surface area contributed by atoms with Crippen molar-refractivity contribution in [1.29, 1.82) is 0 Å². The highest BCUT2D eigenvalue weighted by atomic mass is 127. The van der Waals surface area contributed by atoms with Crippen molar-refractivity contribution >= 4 is 38.5 Å². The summed E-state index contributed by atoms with van der Waals surface area (Å²) < 4.78 is 6.70. The van der Waals surface area contributed by atoms with Crippen molar-refractivity contribution in [2.75, 3.05) is 0 Å². The molecule has 3 nitrogen and oxygen atoms in total. The van der Waals surface area contributed by atoms with Gasteiger partial charge in [0, 0.05) is 27.1 Å². The summed E-state index contributed by atoms with van der Waals surface area (Å²) in [4.78, 5) is 4.16. The van der Waals surface area contributed by atoms with Gasteiger partial charge in [0.2, 0.25) is 3.83 Å². The molecular formula is C9H6BrIN2O. The number of benzene rings is 1. The minimum absolute atomic E-state index is 0.546. The lowest BCUT2D eigenvalue weighted by molar-refractivity contribution is 0.425. The monoisotopic (exact) mass is 364 g/mol. The summed E-state index contributed by atoms with van der Waals surface area (Å²) in [5.74, 6) is 0.546. The van der Waals surface area contributed by atoms with E-state index >= 15 is 0 Å². The molecule has 5 heteroatoms. The van der Waals surface area contributed by atoms with Gasteiger partial charge >= 0.3 is 0 Å². The molecule has 2 rings (SSSR count). The molecule has 1 aromatic heterocycles. The lowest BCUT2D eigenvalue weighted by Crippen LogP contribution is -1.83. The van der Waals surface area contributed by atoms with Crippen LogP contribution in [-0.2, 0) is 0 Å². The Bertz CT molecular complexity index is 470. The largest absolute Gasteiger partial charge is 0.333 e. The molecule has 0 aliphatic rings. The molecule has 2 aromatic rings. The second-order valence-electron chi connectivity index (χ2n) is 2.81. The lowest BCUT2D eigenvalue weighted by atomic mass is 10.1. The second-order valence-corrected chi connectivity index (χ2v) is 4.56. The number of halogens is 2. The van der Waals surface area contributed by atoms with Gasteiger partial charge in [-0.25, -0.2) is 0 Å². The number of rotatable bonds is 1. The number of nitrogens with zero attached hydrogens (tertiary/aromatic N) is 2. The molecule has 0 saturated carbocycles. The maximum absolute atomic E-state index is 5.09. The molecule has 14 heavy (non-hydrogen) atoms. The smallest absolute Gasteiger partial charge is 0.259 e. The maximum Gasteiger partial charge on any atom is 0.259 e. The Morgan fingerprint density at radius 1 is 1.43 bits per heavy atom. The molecular weight excluding hydrogens is 359 g/mol. The van der Waals surface area contributed by atoms with Crippen LogP contribution in [0.15, 0.2) is 27.2 Å². The van der Waals surface area contributed by atoms with Gasteiger partial charge in [-0.1, -0.05) is 17.3 Å². The van der Waals surface area contributed by atoms with Crippen molar-refractivity contribution in [2.24, 2.45) is 0 Å². The molecule has 0 bridgehead atoms. The molecule has 0 radical (unpaired) electrons. The fourth-order valence-electron chi connectivity index (χ4n) is 1.13. The lowest BCUT2D eigenvalue weighted by Gasteiger charge is -2.01. The van der Waals surface area contributed by atoms with Crippen molar-refractivity contribution in [3.63, 3.8) is 0 Å². The Labute approximate surface area is 103 Å². The molecule has 0 atom stereocenters. The Kier molecular flexibility index (Phi) is 2.87. The van der Waals surface area contributed by atoms with E-state index in [4.69, 9.17) is 4.52 Å². The number of aryl methyl sites for hydroxylation is 1. The van der Waals surface area contributed by atoms with Crippen LogP contribution in [0.2, 0.25) is 0 Å². The standard InChI is InChI=1S/C9H6BrIN2O/c1-5-3-2-4-6(7(5)10)8-12-9(11)13-14-8/h2-4H,1H3. The van der Waals surface area contributed by atoms with E-state index in [1.807, 2.05) is 47.7 Å². The second kappa shape index (κ2) is 3.98. The number of hydrogen-bond acceptors (Lipinski definition) is 3. The Balaban J connectivity index is 2.57. The van der Waals surface area contributed by atoms with E-state index in [1.54, 1.807) is 0 Å². The molecule has 0 saturated heterocycles. The van der Waals surface area contributed by atoms with Gasteiger partial charge in [-0.05, 0) is 34.5 Å². The van der Waals surface area contributed by atoms with E-state index in [2.05, 4.69) is 26.1 Å². The van der Waals surface area contributed by atoms with E-state index in [1.165, 1.54) is 0 Å². The van der Waals surface area contributed by atoms with Crippen molar-refractivity contribution in [1.82, 2.24) is 10.1 Å². The van der Waals surface area contributed by atoms with Crippen LogP contribution in [0.1, 0.15) is 5.56 Å². The third kappa shape index (κ3) is 1.83. The van der Waals surface area contributed by atoms with Gasteiger partial charge in [0.25, 0.3) is 5.89 Å². The topological polar surface area (TPSA) is 38.9 Å². The maximum atomic E-state index is 5.09. The molecule has 0 aliphatic carbocycles. The third-order valence-electron chi connectivity index (χ3n) is 1.82. The summed E-state index contributed by atoms with van der Waals surface area (Å²) in [6.07, 6.45) is 0. The van der Waals surface area contributed by atoms with E-state index in [0.717, 1.165) is 15.6 Å². The number of aromatic nitrogens is 2. The van der Waals surface area contributed by atoms with Crippen LogP contribution in [0.5, 0.6) is 0 Å². The van der Waals surface area contributed by atoms with Crippen LogP contribution >= 0.6 is 38.5 Å². The molecule has 0 amide bonds. The van der Waals surface area contributed by atoms with Crippen LogP contribution < -0.4 is 0 Å². The van der Waals surface area contributed by atoms with Crippen LogP contribution in [0.4, 0.5) is 0 Å². The highest BCUT2D eigenvalue weighted by Gasteiger charge is 2.11. The first-order valence-electron chi connectivity index (χ1n) is 3.93. The average molecular weight is 365 g/mol. The highest BCUT2D eigenvalue weighted by molar-refractivity contribution is 14.1. The zero-order chi connectivity index (χ0) is 10.1. The average Bonchev–Trinajstić information content (AvgIpc) is 2.57. The molecule has 0 N–H and O–H groups in total. The fourth-order valence-corrected chi connectivity index (χ4v) is 1.88. The minimum atomic E-state index is 0.546. The van der Waals surface area contributed by atoms with Gasteiger partial charge in [-0.3, -0.25) is 0 Å². The first-order valence-corrected chi connectivity index (χ1v) is 5.80. The van der Waals surface area contributed by atoms with Crippen LogP contribution in [0.3, 0.4) is 0 Å². The Morgan fingerprint density at radius 3 is 2.86 bits per heavy atom. The van der Waals surface area contributed by atoms with E-state index in [9.17, 15) is 0 Å². The first-order chi connectivity index (χ1) is 6.68. The van der Waals surface area contributed by atoms with Gasteiger partial charge in [-0.2, -0.15) is 4.98 Å². The molecule has 72 valence electrons. The van der Waals surface area contributed by atoms with E-state index in [0.29, 0.717) is 9.72 Å². The van der Waals surface area contributed by atoms with Crippen LogP contribution in [0, 0.1) is 10.8 Å². The van der Waals surface area contributed by atoms with E-state index < -0.39 is 0 Å². The zero-order valence-electron chi connectivity index (χ0n) is 7.29.